The molecule has 4 nitrogen and oxygen atoms in total. The van der Waals surface area contributed by atoms with E-state index in [2.05, 4.69) is 213 Å². The van der Waals surface area contributed by atoms with Gasteiger partial charge in [-0.3, -0.25) is 0 Å². The maximum absolute atomic E-state index is 2.62. The number of rotatable bonds is 8. The summed E-state index contributed by atoms with van der Waals surface area (Å²) >= 11 is 0. The normalized spacial score (nSPS) is 15.3. The molecule has 0 atom stereocenters. The third kappa shape index (κ3) is 5.95. The molecule has 0 bridgehead atoms. The number of hydrogen-bond donors (Lipinski definition) is 0. The zero-order chi connectivity index (χ0) is 45.9. The summed E-state index contributed by atoms with van der Waals surface area (Å²) in [5.41, 5.74) is 17.8. The predicted octanol–water partition coefficient (Wildman–Crippen LogP) is 19.0. The Kier molecular flexibility index (Phi) is 9.09. The first-order chi connectivity index (χ1) is 34.8. The average Bonchev–Trinajstić information content (AvgIpc) is 4.16. The lowest BCUT2D eigenvalue weighted by molar-refractivity contribution is 0.444. The molecule has 9 aromatic carbocycles. The fourth-order valence-corrected chi connectivity index (χ4v) is 13.5. The summed E-state index contributed by atoms with van der Waals surface area (Å²) in [6.07, 6.45) is 13.1. The highest BCUT2D eigenvalue weighted by Gasteiger charge is 2.29. The lowest BCUT2D eigenvalue weighted by Crippen LogP contribution is -2.10. The van der Waals surface area contributed by atoms with E-state index in [4.69, 9.17) is 0 Å². The van der Waals surface area contributed by atoms with Crippen molar-refractivity contribution in [2.24, 2.45) is 0 Å². The van der Waals surface area contributed by atoms with Crippen LogP contribution in [-0.2, 0) is 0 Å². The van der Waals surface area contributed by atoms with E-state index in [9.17, 15) is 0 Å². The van der Waals surface area contributed by atoms with Gasteiger partial charge in [-0.05, 0) is 146 Å². The van der Waals surface area contributed by atoms with Gasteiger partial charge in [0.05, 0.1) is 44.5 Å². The Morgan fingerprint density at radius 3 is 1.01 bits per heavy atom. The molecule has 2 aliphatic rings. The molecule has 2 fully saturated rings. The van der Waals surface area contributed by atoms with Crippen LogP contribution in [0.4, 0.5) is 34.1 Å². The minimum Gasteiger partial charge on any atom is -0.310 e. The van der Waals surface area contributed by atoms with Gasteiger partial charge in [-0.1, -0.05) is 136 Å². The van der Waals surface area contributed by atoms with Gasteiger partial charge in [0, 0.05) is 65.8 Å². The minimum atomic E-state index is 0.606. The predicted molar refractivity (Wildman–Crippen MR) is 297 cm³/mol. The van der Waals surface area contributed by atoms with Crippen LogP contribution in [0.3, 0.4) is 0 Å². The molecule has 4 aromatic heterocycles. The molecule has 2 saturated carbocycles. The quantitative estimate of drug-likeness (QED) is 0.151. The number of hydrogen-bond acceptors (Lipinski definition) is 2. The van der Waals surface area contributed by atoms with Crippen LogP contribution in [0.15, 0.2) is 194 Å². The second kappa shape index (κ2) is 15.9. The van der Waals surface area contributed by atoms with E-state index in [1.165, 1.54) is 163 Å². The van der Waals surface area contributed by atoms with Crippen LogP contribution in [0.1, 0.15) is 87.2 Å². The first-order valence-electron chi connectivity index (χ1n) is 26.0. The van der Waals surface area contributed by atoms with Crippen molar-refractivity contribution >= 4 is 110 Å². The van der Waals surface area contributed by atoms with Gasteiger partial charge >= 0.3 is 0 Å². The molecule has 70 heavy (non-hydrogen) atoms. The monoisotopic (exact) mass is 902 g/mol. The molecule has 338 valence electrons. The molecule has 15 rings (SSSR count). The molecular weight excluding hydrogens is 849 g/mol. The summed E-state index contributed by atoms with van der Waals surface area (Å²) in [6, 6.07) is 73.6. The second-order valence-electron chi connectivity index (χ2n) is 20.5. The molecule has 2 aliphatic carbocycles. The smallest absolute Gasteiger partial charge is 0.0641 e. The van der Waals surface area contributed by atoms with E-state index in [0.717, 1.165) is 22.7 Å². The van der Waals surface area contributed by atoms with Crippen molar-refractivity contribution in [1.29, 1.82) is 0 Å². The van der Waals surface area contributed by atoms with Gasteiger partial charge in [0.25, 0.3) is 0 Å². The Balaban J connectivity index is 1.04. The van der Waals surface area contributed by atoms with E-state index >= 15 is 0 Å². The highest BCUT2D eigenvalue weighted by molar-refractivity contribution is 6.32. The summed E-state index contributed by atoms with van der Waals surface area (Å²) in [5, 5.41) is 10.5. The molecular formula is C66H54N4. The number of aromatic nitrogens is 2. The molecule has 0 radical (unpaired) electrons. The fraction of sp³-hybridized carbons (Fsp3) is 0.182. The van der Waals surface area contributed by atoms with Gasteiger partial charge < -0.3 is 18.6 Å². The number of para-hydroxylation sites is 4. The third-order valence-electron chi connectivity index (χ3n) is 16.7. The Labute approximate surface area is 408 Å². The van der Waals surface area contributed by atoms with Gasteiger partial charge in [-0.25, -0.2) is 0 Å². The van der Waals surface area contributed by atoms with Crippen LogP contribution in [0, 0.1) is 0 Å². The van der Waals surface area contributed by atoms with E-state index in [-0.39, 0.29) is 0 Å². The van der Waals surface area contributed by atoms with Crippen LogP contribution in [-0.4, -0.2) is 8.80 Å². The van der Waals surface area contributed by atoms with Crippen molar-refractivity contribution in [2.75, 3.05) is 9.80 Å². The molecule has 0 unspecified atom stereocenters. The maximum atomic E-state index is 2.62. The number of fused-ring (bicyclic) bond motifs is 12. The van der Waals surface area contributed by atoms with Crippen molar-refractivity contribution in [2.45, 2.75) is 76.0 Å². The van der Waals surface area contributed by atoms with Crippen LogP contribution in [0.2, 0.25) is 0 Å². The Hall–Kier alpha value is -7.82. The van der Waals surface area contributed by atoms with Crippen molar-refractivity contribution in [3.8, 4) is 0 Å². The summed E-state index contributed by atoms with van der Waals surface area (Å²) in [5.74, 6) is 1.21. The van der Waals surface area contributed by atoms with Gasteiger partial charge in [-0.15, -0.1) is 0 Å². The largest absolute Gasteiger partial charge is 0.310 e. The lowest BCUT2D eigenvalue weighted by Gasteiger charge is -2.26. The van der Waals surface area contributed by atoms with Crippen molar-refractivity contribution < 1.29 is 0 Å². The second-order valence-corrected chi connectivity index (χ2v) is 20.5. The molecule has 0 amide bonds. The van der Waals surface area contributed by atoms with Crippen molar-refractivity contribution in [3.05, 3.63) is 205 Å². The SMILES string of the molecule is c1ccc(N(c2ccccc2)c2ccc3c4cc5c(cc4n4c6ccc(C7CCCCC7)cc6c2c34)c2ccc(N(c3ccccc3)c3ccccc3)c3c4cc(C6CCCCC6)ccc4n5c23)cc1. The first kappa shape index (κ1) is 40.1. The Morgan fingerprint density at radius 2 is 0.657 bits per heavy atom. The van der Waals surface area contributed by atoms with E-state index in [0.29, 0.717) is 11.8 Å². The standard InChI is InChI=1S/C66H54N4/c1-7-19-43(20-8-1)45-31-35-57-55(39-45)63-59(67(47-23-11-3-12-24-47)48-25-13-4-14-26-48)37-33-51-53-42-62-54(41-61(53)69(57)65(51)63)52-34-38-60(68(49-27-15-5-16-28-49)50-29-17-6-18-30-50)64-56-40-46(44-21-9-2-10-22-44)32-36-58(56)70(62)66(52)64/h3-6,11-18,23-44H,1-2,7-10,19-22H2. The molecule has 13 aromatic rings. The van der Waals surface area contributed by atoms with Crippen LogP contribution < -0.4 is 9.80 Å². The average molecular weight is 903 g/mol. The summed E-state index contributed by atoms with van der Waals surface area (Å²) in [7, 11) is 0. The fourth-order valence-electron chi connectivity index (χ4n) is 13.5. The Morgan fingerprint density at radius 1 is 0.300 bits per heavy atom. The first-order valence-corrected chi connectivity index (χ1v) is 26.0. The van der Waals surface area contributed by atoms with Crippen LogP contribution in [0.5, 0.6) is 0 Å². The van der Waals surface area contributed by atoms with E-state index < -0.39 is 0 Å². The van der Waals surface area contributed by atoms with E-state index in [1.54, 1.807) is 0 Å². The minimum absolute atomic E-state index is 0.606. The lowest BCUT2D eigenvalue weighted by atomic mass is 9.83. The van der Waals surface area contributed by atoms with Crippen LogP contribution in [0.25, 0.3) is 76.2 Å². The molecule has 0 saturated heterocycles. The summed E-state index contributed by atoms with van der Waals surface area (Å²) in [4.78, 5) is 4.96. The molecule has 4 heteroatoms. The van der Waals surface area contributed by atoms with Crippen molar-refractivity contribution in [3.63, 3.8) is 0 Å². The number of anilines is 6. The zero-order valence-corrected chi connectivity index (χ0v) is 39.5. The zero-order valence-electron chi connectivity index (χ0n) is 39.5. The van der Waals surface area contributed by atoms with E-state index in [1.807, 2.05) is 0 Å². The molecule has 0 spiro atoms. The Bertz CT molecular complexity index is 3720. The number of nitrogens with zero attached hydrogens (tertiary/aromatic N) is 4. The molecule has 0 N–H and O–H groups in total. The van der Waals surface area contributed by atoms with Gasteiger partial charge in [0.15, 0.2) is 0 Å². The highest BCUT2D eigenvalue weighted by atomic mass is 15.2. The molecule has 0 aliphatic heterocycles. The summed E-state index contributed by atoms with van der Waals surface area (Å²) in [6.45, 7) is 0. The van der Waals surface area contributed by atoms with Gasteiger partial charge in [0.2, 0.25) is 0 Å². The maximum Gasteiger partial charge on any atom is 0.0641 e. The van der Waals surface area contributed by atoms with Gasteiger partial charge in [0.1, 0.15) is 0 Å². The van der Waals surface area contributed by atoms with Crippen LogP contribution >= 0.6 is 0 Å². The number of benzene rings is 9. The summed E-state index contributed by atoms with van der Waals surface area (Å²) < 4.78 is 5.25. The van der Waals surface area contributed by atoms with Crippen molar-refractivity contribution in [1.82, 2.24) is 8.80 Å². The highest BCUT2D eigenvalue weighted by Crippen LogP contribution is 2.52. The third-order valence-corrected chi connectivity index (χ3v) is 16.7. The topological polar surface area (TPSA) is 15.3 Å². The molecule has 4 heterocycles. The van der Waals surface area contributed by atoms with Gasteiger partial charge in [-0.2, -0.15) is 0 Å².